The van der Waals surface area contributed by atoms with E-state index in [4.69, 9.17) is 0 Å². The number of aryl methyl sites for hydroxylation is 1. The monoisotopic (exact) mass is 337 g/mol. The van der Waals surface area contributed by atoms with E-state index < -0.39 is 0 Å². The molecule has 2 amide bonds. The maximum absolute atomic E-state index is 12.3. The van der Waals surface area contributed by atoms with Crippen molar-refractivity contribution in [3.05, 3.63) is 64.7 Å². The quantitative estimate of drug-likeness (QED) is 0.753. The standard InChI is InChI=1S/C19H19N3OS/c23-19(20-12-18-21-16-9-3-4-11-17(16)24-18)22-15-10-5-7-13-6-1-2-8-14(13)15/h1-4,6,8-9,11,15H,5,7,10,12H2,(H2,20,22,23). The van der Waals surface area contributed by atoms with Crippen LogP contribution in [0.15, 0.2) is 48.5 Å². The van der Waals surface area contributed by atoms with Crippen LogP contribution >= 0.6 is 11.3 Å². The number of thiazole rings is 1. The molecule has 1 aliphatic rings. The topological polar surface area (TPSA) is 54.0 Å². The Bertz CT molecular complexity index is 841. The van der Waals surface area contributed by atoms with Crippen molar-refractivity contribution in [3.8, 4) is 0 Å². The summed E-state index contributed by atoms with van der Waals surface area (Å²) in [5.74, 6) is 0. The SMILES string of the molecule is O=C(NCc1nc2ccccc2s1)NC1CCCc2ccccc21. The minimum atomic E-state index is -0.129. The minimum absolute atomic E-state index is 0.102. The molecule has 2 N–H and O–H groups in total. The third-order valence-electron chi connectivity index (χ3n) is 4.41. The molecule has 0 saturated carbocycles. The van der Waals surface area contributed by atoms with Crippen molar-refractivity contribution < 1.29 is 4.79 Å². The van der Waals surface area contributed by atoms with E-state index in [0.29, 0.717) is 6.54 Å². The van der Waals surface area contributed by atoms with Crippen LogP contribution in [-0.4, -0.2) is 11.0 Å². The van der Waals surface area contributed by atoms with Gasteiger partial charge >= 0.3 is 6.03 Å². The second kappa shape index (κ2) is 6.61. The Morgan fingerprint density at radius 3 is 2.92 bits per heavy atom. The number of para-hydroxylation sites is 1. The number of carbonyl (C=O) groups is 1. The summed E-state index contributed by atoms with van der Waals surface area (Å²) >= 11 is 1.62. The van der Waals surface area contributed by atoms with Crippen LogP contribution in [0.3, 0.4) is 0 Å². The molecule has 1 aromatic heterocycles. The van der Waals surface area contributed by atoms with Crippen molar-refractivity contribution in [2.45, 2.75) is 31.8 Å². The van der Waals surface area contributed by atoms with Gasteiger partial charge in [0.15, 0.2) is 0 Å². The smallest absolute Gasteiger partial charge is 0.315 e. The highest BCUT2D eigenvalue weighted by atomic mass is 32.1. The Hall–Kier alpha value is -2.40. The van der Waals surface area contributed by atoms with Crippen LogP contribution in [0, 0.1) is 0 Å². The van der Waals surface area contributed by atoms with Gasteiger partial charge < -0.3 is 10.6 Å². The summed E-state index contributed by atoms with van der Waals surface area (Å²) in [6, 6.07) is 16.4. The fraction of sp³-hybridized carbons (Fsp3) is 0.263. The van der Waals surface area contributed by atoms with Crippen molar-refractivity contribution in [1.82, 2.24) is 15.6 Å². The Morgan fingerprint density at radius 2 is 2.00 bits per heavy atom. The Kier molecular flexibility index (Phi) is 4.17. The van der Waals surface area contributed by atoms with Gasteiger partial charge in [-0.25, -0.2) is 9.78 Å². The summed E-state index contributed by atoms with van der Waals surface area (Å²) in [5.41, 5.74) is 3.58. The van der Waals surface area contributed by atoms with Crippen LogP contribution < -0.4 is 10.6 Å². The third-order valence-corrected chi connectivity index (χ3v) is 5.45. The first-order valence-electron chi connectivity index (χ1n) is 8.26. The molecule has 5 heteroatoms. The molecule has 3 aromatic rings. The predicted molar refractivity (Wildman–Crippen MR) is 97.1 cm³/mol. The largest absolute Gasteiger partial charge is 0.332 e. The summed E-state index contributed by atoms with van der Waals surface area (Å²) in [7, 11) is 0. The first-order chi connectivity index (χ1) is 11.8. The van der Waals surface area contributed by atoms with Crippen LogP contribution in [0.2, 0.25) is 0 Å². The van der Waals surface area contributed by atoms with E-state index >= 15 is 0 Å². The molecule has 0 fully saturated rings. The molecule has 4 nitrogen and oxygen atoms in total. The minimum Gasteiger partial charge on any atom is -0.332 e. The number of fused-ring (bicyclic) bond motifs is 2. The molecule has 0 spiro atoms. The number of hydrogen-bond donors (Lipinski definition) is 2. The van der Waals surface area contributed by atoms with E-state index in [-0.39, 0.29) is 12.1 Å². The molecular weight excluding hydrogens is 318 g/mol. The van der Waals surface area contributed by atoms with Gasteiger partial charge in [0, 0.05) is 0 Å². The lowest BCUT2D eigenvalue weighted by atomic mass is 9.88. The highest BCUT2D eigenvalue weighted by Gasteiger charge is 2.21. The zero-order chi connectivity index (χ0) is 16.4. The summed E-state index contributed by atoms with van der Waals surface area (Å²) in [4.78, 5) is 16.8. The molecule has 0 bridgehead atoms. The number of amides is 2. The van der Waals surface area contributed by atoms with Gasteiger partial charge in [-0.05, 0) is 42.5 Å². The molecule has 0 aliphatic heterocycles. The summed E-state index contributed by atoms with van der Waals surface area (Å²) in [5, 5.41) is 6.97. The molecule has 24 heavy (non-hydrogen) atoms. The number of aromatic nitrogens is 1. The second-order valence-corrected chi connectivity index (χ2v) is 7.16. The molecule has 0 radical (unpaired) electrons. The number of benzene rings is 2. The highest BCUT2D eigenvalue weighted by molar-refractivity contribution is 7.18. The molecule has 122 valence electrons. The molecule has 1 unspecified atom stereocenters. The summed E-state index contributed by atoms with van der Waals surface area (Å²) in [6.07, 6.45) is 3.20. The van der Waals surface area contributed by atoms with Crippen LogP contribution in [0.4, 0.5) is 4.79 Å². The molecule has 0 saturated heterocycles. The van der Waals surface area contributed by atoms with E-state index in [9.17, 15) is 4.79 Å². The van der Waals surface area contributed by atoms with Gasteiger partial charge in [0.25, 0.3) is 0 Å². The van der Waals surface area contributed by atoms with E-state index in [1.807, 2.05) is 24.3 Å². The Balaban J connectivity index is 1.39. The van der Waals surface area contributed by atoms with Crippen molar-refractivity contribution in [1.29, 1.82) is 0 Å². The predicted octanol–water partition coefficient (Wildman–Crippen LogP) is 4.17. The van der Waals surface area contributed by atoms with Gasteiger partial charge in [-0.3, -0.25) is 0 Å². The Labute approximate surface area is 144 Å². The van der Waals surface area contributed by atoms with Gasteiger partial charge in [-0.15, -0.1) is 11.3 Å². The average molecular weight is 337 g/mol. The first-order valence-corrected chi connectivity index (χ1v) is 9.08. The lowest BCUT2D eigenvalue weighted by Crippen LogP contribution is -2.38. The fourth-order valence-corrected chi connectivity index (χ4v) is 4.17. The normalized spacial score (nSPS) is 16.6. The van der Waals surface area contributed by atoms with Gasteiger partial charge in [-0.2, -0.15) is 0 Å². The lowest BCUT2D eigenvalue weighted by Gasteiger charge is -2.26. The van der Waals surface area contributed by atoms with E-state index in [1.165, 1.54) is 11.1 Å². The maximum Gasteiger partial charge on any atom is 0.315 e. The molecule has 1 aliphatic carbocycles. The van der Waals surface area contributed by atoms with Crippen molar-refractivity contribution >= 4 is 27.6 Å². The molecular formula is C19H19N3OS. The van der Waals surface area contributed by atoms with Gasteiger partial charge in [0.1, 0.15) is 5.01 Å². The highest BCUT2D eigenvalue weighted by Crippen LogP contribution is 2.29. The van der Waals surface area contributed by atoms with Crippen molar-refractivity contribution in [3.63, 3.8) is 0 Å². The molecule has 1 heterocycles. The van der Waals surface area contributed by atoms with Crippen LogP contribution in [0.25, 0.3) is 10.2 Å². The zero-order valence-corrected chi connectivity index (χ0v) is 14.1. The van der Waals surface area contributed by atoms with Crippen molar-refractivity contribution in [2.75, 3.05) is 0 Å². The fourth-order valence-electron chi connectivity index (χ4n) is 3.26. The van der Waals surface area contributed by atoms with E-state index in [1.54, 1.807) is 11.3 Å². The number of rotatable bonds is 3. The van der Waals surface area contributed by atoms with E-state index in [0.717, 1.165) is 34.5 Å². The maximum atomic E-state index is 12.3. The van der Waals surface area contributed by atoms with Gasteiger partial charge in [-0.1, -0.05) is 36.4 Å². The summed E-state index contributed by atoms with van der Waals surface area (Å²) in [6.45, 7) is 0.458. The molecule has 4 rings (SSSR count). The Morgan fingerprint density at radius 1 is 1.17 bits per heavy atom. The molecule has 2 aromatic carbocycles. The first kappa shape index (κ1) is 15.1. The number of urea groups is 1. The van der Waals surface area contributed by atoms with Crippen LogP contribution in [-0.2, 0) is 13.0 Å². The van der Waals surface area contributed by atoms with Crippen LogP contribution in [0.1, 0.15) is 35.0 Å². The van der Waals surface area contributed by atoms with Crippen LogP contribution in [0.5, 0.6) is 0 Å². The van der Waals surface area contributed by atoms with Gasteiger partial charge in [0.05, 0.1) is 22.8 Å². The number of hydrogen-bond acceptors (Lipinski definition) is 3. The average Bonchev–Trinajstić information content (AvgIpc) is 3.03. The van der Waals surface area contributed by atoms with Crippen molar-refractivity contribution in [2.24, 2.45) is 0 Å². The second-order valence-electron chi connectivity index (χ2n) is 6.05. The summed E-state index contributed by atoms with van der Waals surface area (Å²) < 4.78 is 1.15. The van der Waals surface area contributed by atoms with Gasteiger partial charge in [0.2, 0.25) is 0 Å². The number of carbonyl (C=O) groups excluding carboxylic acids is 1. The molecule has 1 atom stereocenters. The number of nitrogens with one attached hydrogen (secondary N) is 2. The zero-order valence-electron chi connectivity index (χ0n) is 13.3. The van der Waals surface area contributed by atoms with E-state index in [2.05, 4.69) is 39.9 Å². The lowest BCUT2D eigenvalue weighted by molar-refractivity contribution is 0.235. The number of nitrogens with zero attached hydrogens (tertiary/aromatic N) is 1. The third kappa shape index (κ3) is 3.12.